The van der Waals surface area contributed by atoms with E-state index in [4.69, 9.17) is 11.6 Å². The Hall–Kier alpha value is -1.56. The number of aryl methyl sites for hydroxylation is 1. The Morgan fingerprint density at radius 1 is 1.28 bits per heavy atom. The molecule has 1 aromatic carbocycles. The maximum Gasteiger partial charge on any atom is 0.257 e. The van der Waals surface area contributed by atoms with E-state index in [2.05, 4.69) is 10.4 Å². The van der Waals surface area contributed by atoms with Crippen LogP contribution in [0.15, 0.2) is 24.4 Å². The third-order valence-corrected chi connectivity index (χ3v) is 5.21. The molecule has 1 aliphatic carbocycles. The van der Waals surface area contributed by atoms with Gasteiger partial charge >= 0.3 is 0 Å². The van der Waals surface area contributed by atoms with Crippen molar-refractivity contribution in [3.63, 3.8) is 0 Å². The van der Waals surface area contributed by atoms with Gasteiger partial charge in [-0.05, 0) is 37.5 Å². The van der Waals surface area contributed by atoms with E-state index in [-0.39, 0.29) is 18.3 Å². The molecule has 2 aromatic rings. The van der Waals surface area contributed by atoms with Gasteiger partial charge < -0.3 is 10.2 Å². The third-order valence-electron chi connectivity index (χ3n) is 4.81. The molecule has 1 saturated heterocycles. The zero-order chi connectivity index (χ0) is 16.7. The monoisotopic (exact) mass is 380 g/mol. The summed E-state index contributed by atoms with van der Waals surface area (Å²) >= 11 is 6.28. The molecule has 7 heteroatoms. The molecule has 1 aromatic heterocycles. The second-order valence-corrected chi connectivity index (χ2v) is 7.01. The number of nitrogens with one attached hydrogen (secondary N) is 1. The van der Waals surface area contributed by atoms with Gasteiger partial charge in [0, 0.05) is 37.1 Å². The number of benzene rings is 1. The third kappa shape index (κ3) is 3.54. The first-order valence-corrected chi connectivity index (χ1v) is 8.87. The Morgan fingerprint density at radius 3 is 2.64 bits per heavy atom. The summed E-state index contributed by atoms with van der Waals surface area (Å²) in [5, 5.41) is 8.54. The van der Waals surface area contributed by atoms with Gasteiger partial charge in [0.15, 0.2) is 0 Å². The van der Waals surface area contributed by atoms with Gasteiger partial charge in [0.25, 0.3) is 5.91 Å². The van der Waals surface area contributed by atoms with Crippen molar-refractivity contribution >= 4 is 29.9 Å². The summed E-state index contributed by atoms with van der Waals surface area (Å²) in [4.78, 5) is 14.9. The van der Waals surface area contributed by atoms with Gasteiger partial charge in [0.1, 0.15) is 0 Å². The molecule has 4 rings (SSSR count). The fourth-order valence-electron chi connectivity index (χ4n) is 3.23. The molecule has 1 aliphatic heterocycles. The van der Waals surface area contributed by atoms with Crippen molar-refractivity contribution in [2.24, 2.45) is 0 Å². The molecule has 1 N–H and O–H groups in total. The van der Waals surface area contributed by atoms with Crippen LogP contribution >= 0.6 is 24.0 Å². The number of rotatable bonds is 3. The largest absolute Gasteiger partial charge is 0.336 e. The molecular weight excluding hydrogens is 359 g/mol. The first-order chi connectivity index (χ1) is 11.6. The van der Waals surface area contributed by atoms with Crippen molar-refractivity contribution in [2.75, 3.05) is 26.2 Å². The lowest BCUT2D eigenvalue weighted by atomic mass is 10.1. The second-order valence-electron chi connectivity index (χ2n) is 6.61. The predicted octanol–water partition coefficient (Wildman–Crippen LogP) is 3.18. The van der Waals surface area contributed by atoms with Crippen molar-refractivity contribution in [3.05, 3.63) is 46.2 Å². The van der Waals surface area contributed by atoms with Gasteiger partial charge in [-0.3, -0.25) is 4.79 Å². The SMILES string of the molecule is Cc1ccc(-n2ncc(C(=O)N3CCNCC3)c2C2CC2)cc1Cl.Cl. The molecule has 1 saturated carbocycles. The van der Waals surface area contributed by atoms with E-state index >= 15 is 0 Å². The van der Waals surface area contributed by atoms with E-state index in [1.807, 2.05) is 34.7 Å². The lowest BCUT2D eigenvalue weighted by Crippen LogP contribution is -2.46. The molecule has 2 aliphatic rings. The summed E-state index contributed by atoms with van der Waals surface area (Å²) in [6, 6.07) is 5.93. The fourth-order valence-corrected chi connectivity index (χ4v) is 3.40. The average molecular weight is 381 g/mol. The fraction of sp³-hybridized carbons (Fsp3) is 0.444. The van der Waals surface area contributed by atoms with Crippen LogP contribution in [0.3, 0.4) is 0 Å². The van der Waals surface area contributed by atoms with Crippen LogP contribution in [0.4, 0.5) is 0 Å². The zero-order valence-electron chi connectivity index (χ0n) is 14.2. The van der Waals surface area contributed by atoms with E-state index in [1.54, 1.807) is 6.20 Å². The van der Waals surface area contributed by atoms with E-state index < -0.39 is 0 Å². The lowest BCUT2D eigenvalue weighted by molar-refractivity contribution is 0.0734. The number of nitrogens with zero attached hydrogens (tertiary/aromatic N) is 3. The highest BCUT2D eigenvalue weighted by atomic mass is 35.5. The average Bonchev–Trinajstić information content (AvgIpc) is 3.36. The number of aromatic nitrogens is 2. The molecule has 134 valence electrons. The van der Waals surface area contributed by atoms with Crippen LogP contribution in [0, 0.1) is 6.92 Å². The summed E-state index contributed by atoms with van der Waals surface area (Å²) in [5.74, 6) is 0.525. The number of piperazine rings is 1. The summed E-state index contributed by atoms with van der Waals surface area (Å²) < 4.78 is 1.90. The zero-order valence-corrected chi connectivity index (χ0v) is 15.7. The Morgan fingerprint density at radius 2 is 2.00 bits per heavy atom. The molecule has 1 amide bonds. The Bertz CT molecular complexity index is 779. The summed E-state index contributed by atoms with van der Waals surface area (Å²) in [6.07, 6.45) is 3.96. The van der Waals surface area contributed by atoms with Crippen LogP contribution < -0.4 is 5.32 Å². The topological polar surface area (TPSA) is 50.2 Å². The van der Waals surface area contributed by atoms with Gasteiger partial charge in [-0.1, -0.05) is 17.7 Å². The molecule has 25 heavy (non-hydrogen) atoms. The highest BCUT2D eigenvalue weighted by Crippen LogP contribution is 2.43. The summed E-state index contributed by atoms with van der Waals surface area (Å²) in [5.41, 5.74) is 3.75. The molecule has 5 nitrogen and oxygen atoms in total. The second kappa shape index (κ2) is 7.36. The van der Waals surface area contributed by atoms with Gasteiger partial charge in [-0.15, -0.1) is 12.4 Å². The molecule has 0 radical (unpaired) electrons. The molecule has 2 fully saturated rings. The molecule has 0 spiro atoms. The van der Waals surface area contributed by atoms with Crippen molar-refractivity contribution in [3.8, 4) is 5.69 Å². The molecule has 0 atom stereocenters. The van der Waals surface area contributed by atoms with Crippen molar-refractivity contribution in [2.45, 2.75) is 25.7 Å². The Labute approximate surface area is 158 Å². The van der Waals surface area contributed by atoms with Crippen LogP contribution in [0.2, 0.25) is 5.02 Å². The maximum absolute atomic E-state index is 12.9. The standard InChI is InChI=1S/C18H21ClN4O.ClH/c1-12-2-5-14(10-16(12)19)23-17(13-3-4-13)15(11-21-23)18(24)22-8-6-20-7-9-22;/h2,5,10-11,13,20H,3-4,6-9H2,1H3;1H. The van der Waals surface area contributed by atoms with Crippen molar-refractivity contribution < 1.29 is 4.79 Å². The van der Waals surface area contributed by atoms with Gasteiger partial charge in [0.05, 0.1) is 23.1 Å². The number of amides is 1. The van der Waals surface area contributed by atoms with Gasteiger partial charge in [0.2, 0.25) is 0 Å². The number of hydrogen-bond donors (Lipinski definition) is 1. The smallest absolute Gasteiger partial charge is 0.257 e. The number of carbonyl (C=O) groups is 1. The van der Waals surface area contributed by atoms with Crippen LogP contribution in [0.1, 0.15) is 40.4 Å². The van der Waals surface area contributed by atoms with Crippen LogP contribution in [-0.2, 0) is 0 Å². The molecule has 0 bridgehead atoms. The molecule has 2 heterocycles. The first kappa shape index (κ1) is 18.2. The number of hydrogen-bond acceptors (Lipinski definition) is 3. The minimum atomic E-state index is 0. The highest BCUT2D eigenvalue weighted by molar-refractivity contribution is 6.31. The van der Waals surface area contributed by atoms with E-state index in [1.165, 1.54) is 0 Å². The Balaban J connectivity index is 0.00000182. The number of halogens is 2. The lowest BCUT2D eigenvalue weighted by Gasteiger charge is -2.27. The van der Waals surface area contributed by atoms with Crippen LogP contribution in [0.5, 0.6) is 0 Å². The summed E-state index contributed by atoms with van der Waals surface area (Å²) in [7, 11) is 0. The van der Waals surface area contributed by atoms with Gasteiger partial charge in [-0.2, -0.15) is 5.10 Å². The highest BCUT2D eigenvalue weighted by Gasteiger charge is 2.34. The minimum Gasteiger partial charge on any atom is -0.336 e. The predicted molar refractivity (Wildman–Crippen MR) is 101 cm³/mol. The van der Waals surface area contributed by atoms with Crippen LogP contribution in [-0.4, -0.2) is 46.8 Å². The van der Waals surface area contributed by atoms with E-state index in [9.17, 15) is 4.79 Å². The van der Waals surface area contributed by atoms with Gasteiger partial charge in [-0.25, -0.2) is 4.68 Å². The first-order valence-electron chi connectivity index (χ1n) is 8.49. The van der Waals surface area contributed by atoms with Crippen LogP contribution in [0.25, 0.3) is 5.69 Å². The van der Waals surface area contributed by atoms with Crippen molar-refractivity contribution in [1.29, 1.82) is 0 Å². The van der Waals surface area contributed by atoms with E-state index in [0.717, 1.165) is 66.6 Å². The molecule has 0 unspecified atom stereocenters. The van der Waals surface area contributed by atoms with E-state index in [0.29, 0.717) is 5.92 Å². The number of carbonyl (C=O) groups excluding carboxylic acids is 1. The maximum atomic E-state index is 12.9. The quantitative estimate of drug-likeness (QED) is 0.889. The molecular formula is C18H22Cl2N4O. The normalized spacial score (nSPS) is 17.3. The summed E-state index contributed by atoms with van der Waals surface area (Å²) in [6.45, 7) is 5.20. The Kier molecular flexibility index (Phi) is 5.37. The minimum absolute atomic E-state index is 0. The van der Waals surface area contributed by atoms with Crippen molar-refractivity contribution in [1.82, 2.24) is 20.0 Å².